The smallest absolute Gasteiger partial charge is 0.119 e. The minimum absolute atomic E-state index is 0.426. The number of ether oxygens (including phenoxy) is 1. The van der Waals surface area contributed by atoms with Crippen LogP contribution in [0.5, 0.6) is 0 Å². The molecule has 4 heteroatoms. The van der Waals surface area contributed by atoms with Crippen molar-refractivity contribution in [2.75, 3.05) is 39.6 Å². The quantitative estimate of drug-likeness (QED) is 0.796. The molecule has 0 radical (unpaired) electrons. The number of fused-ring (bicyclic) bond motifs is 1. The molecule has 0 fully saturated rings. The maximum atomic E-state index is 9.20. The Morgan fingerprint density at radius 1 is 1.08 bits per heavy atom. The molecule has 4 nitrogen and oxygen atoms in total. The summed E-state index contributed by atoms with van der Waals surface area (Å²) in [5.74, 6) is 0. The molecular formula is C22H27N3O. The number of nitriles is 1. The molecule has 0 N–H and O–H groups in total. The molecule has 1 atom stereocenters. The fourth-order valence-electron chi connectivity index (χ4n) is 3.72. The fraction of sp³-hybridized carbons (Fsp3) is 0.409. The highest BCUT2D eigenvalue weighted by atomic mass is 16.5. The molecule has 0 bridgehead atoms. The van der Waals surface area contributed by atoms with Crippen molar-refractivity contribution in [1.82, 2.24) is 4.90 Å². The van der Waals surface area contributed by atoms with Gasteiger partial charge in [-0.1, -0.05) is 18.2 Å². The summed E-state index contributed by atoms with van der Waals surface area (Å²) in [6.45, 7) is 1.58. The molecule has 0 saturated carbocycles. The van der Waals surface area contributed by atoms with Crippen LogP contribution in [0, 0.1) is 11.3 Å². The maximum absolute atomic E-state index is 9.20. The molecule has 3 rings (SSSR count). The summed E-state index contributed by atoms with van der Waals surface area (Å²) < 4.78 is 6.44. The molecule has 0 spiro atoms. The number of hydrogen-bond acceptors (Lipinski definition) is 4. The van der Waals surface area contributed by atoms with E-state index in [0.29, 0.717) is 12.2 Å². The van der Waals surface area contributed by atoms with E-state index in [1.54, 1.807) is 0 Å². The van der Waals surface area contributed by atoms with Gasteiger partial charge in [0.25, 0.3) is 0 Å². The molecule has 2 aromatic rings. The average Bonchev–Trinajstić information content (AvgIpc) is 3.00. The monoisotopic (exact) mass is 349 g/mol. The molecule has 1 unspecified atom stereocenters. The zero-order valence-electron chi connectivity index (χ0n) is 16.1. The lowest BCUT2D eigenvalue weighted by atomic mass is 9.81. The van der Waals surface area contributed by atoms with E-state index < -0.39 is 5.60 Å². The van der Waals surface area contributed by atoms with E-state index in [0.717, 1.165) is 24.9 Å². The van der Waals surface area contributed by atoms with Crippen LogP contribution in [0.4, 0.5) is 5.69 Å². The molecular weight excluding hydrogens is 322 g/mol. The van der Waals surface area contributed by atoms with Gasteiger partial charge in [-0.25, -0.2) is 0 Å². The third kappa shape index (κ3) is 3.46. The topological polar surface area (TPSA) is 39.5 Å². The standard InChI is InChI=1S/C22H27N3O/c1-24(2)13-5-12-22(19-7-9-20(10-8-19)25(3)4)21-11-6-17(15-23)14-18(21)16-26-22/h6-11,14H,5,12-13,16H2,1-4H3. The third-order valence-corrected chi connectivity index (χ3v) is 5.13. The second-order valence-corrected chi connectivity index (χ2v) is 7.45. The first-order chi connectivity index (χ1) is 12.5. The van der Waals surface area contributed by atoms with Crippen LogP contribution < -0.4 is 4.90 Å². The van der Waals surface area contributed by atoms with Crippen LogP contribution in [-0.2, 0) is 16.9 Å². The van der Waals surface area contributed by atoms with E-state index in [-0.39, 0.29) is 0 Å². The summed E-state index contributed by atoms with van der Waals surface area (Å²) in [5, 5.41) is 9.20. The lowest BCUT2D eigenvalue weighted by Gasteiger charge is -2.31. The van der Waals surface area contributed by atoms with Crippen LogP contribution >= 0.6 is 0 Å². The summed E-state index contributed by atoms with van der Waals surface area (Å²) in [6.07, 6.45) is 1.97. The molecule has 0 amide bonds. The second-order valence-electron chi connectivity index (χ2n) is 7.45. The van der Waals surface area contributed by atoms with Crippen LogP contribution in [0.2, 0.25) is 0 Å². The first-order valence-corrected chi connectivity index (χ1v) is 9.06. The Morgan fingerprint density at radius 2 is 1.81 bits per heavy atom. The van der Waals surface area contributed by atoms with E-state index in [9.17, 15) is 5.26 Å². The largest absolute Gasteiger partial charge is 0.378 e. The summed E-state index contributed by atoms with van der Waals surface area (Å²) in [5.41, 5.74) is 4.96. The van der Waals surface area contributed by atoms with E-state index in [1.165, 1.54) is 16.8 Å². The Bertz CT molecular complexity index is 805. The Balaban J connectivity index is 2.01. The zero-order chi connectivity index (χ0) is 18.7. The van der Waals surface area contributed by atoms with Gasteiger partial charge in [-0.3, -0.25) is 0 Å². The fourth-order valence-corrected chi connectivity index (χ4v) is 3.72. The Kier molecular flexibility index (Phi) is 5.31. The van der Waals surface area contributed by atoms with Crippen LogP contribution in [-0.4, -0.2) is 39.6 Å². The number of hydrogen-bond donors (Lipinski definition) is 0. The van der Waals surface area contributed by atoms with Gasteiger partial charge < -0.3 is 14.5 Å². The van der Waals surface area contributed by atoms with Crippen LogP contribution in [0.3, 0.4) is 0 Å². The van der Waals surface area contributed by atoms with Crippen molar-refractivity contribution < 1.29 is 4.74 Å². The molecule has 1 aliphatic heterocycles. The Morgan fingerprint density at radius 3 is 2.42 bits per heavy atom. The predicted molar refractivity (Wildman–Crippen MR) is 105 cm³/mol. The van der Waals surface area contributed by atoms with Gasteiger partial charge in [0.1, 0.15) is 5.60 Å². The lowest BCUT2D eigenvalue weighted by molar-refractivity contribution is -0.0139. The van der Waals surface area contributed by atoms with Crippen LogP contribution in [0.25, 0.3) is 0 Å². The van der Waals surface area contributed by atoms with E-state index in [1.807, 2.05) is 26.2 Å². The van der Waals surface area contributed by atoms with E-state index >= 15 is 0 Å². The maximum Gasteiger partial charge on any atom is 0.119 e. The summed E-state index contributed by atoms with van der Waals surface area (Å²) in [7, 11) is 8.29. The average molecular weight is 349 g/mol. The highest BCUT2D eigenvalue weighted by Gasteiger charge is 2.41. The van der Waals surface area contributed by atoms with Gasteiger partial charge in [0.2, 0.25) is 0 Å². The minimum Gasteiger partial charge on any atom is -0.378 e. The Labute approximate surface area is 156 Å². The molecule has 1 aliphatic rings. The van der Waals surface area contributed by atoms with Crippen LogP contribution in [0.15, 0.2) is 42.5 Å². The molecule has 136 valence electrons. The summed E-state index contributed by atoms with van der Waals surface area (Å²) in [4.78, 5) is 4.31. The number of anilines is 1. The van der Waals surface area contributed by atoms with Gasteiger partial charge in [0.15, 0.2) is 0 Å². The molecule has 26 heavy (non-hydrogen) atoms. The molecule has 0 saturated heterocycles. The highest BCUT2D eigenvalue weighted by Crippen LogP contribution is 2.45. The lowest BCUT2D eigenvalue weighted by Crippen LogP contribution is -2.28. The first-order valence-electron chi connectivity index (χ1n) is 9.06. The summed E-state index contributed by atoms with van der Waals surface area (Å²) in [6, 6.07) is 16.8. The van der Waals surface area contributed by atoms with Crippen molar-refractivity contribution in [2.24, 2.45) is 0 Å². The molecule has 0 aliphatic carbocycles. The van der Waals surface area contributed by atoms with Crippen molar-refractivity contribution >= 4 is 5.69 Å². The Hall–Kier alpha value is -2.35. The minimum atomic E-state index is -0.426. The first kappa shape index (κ1) is 18.4. The van der Waals surface area contributed by atoms with Crippen molar-refractivity contribution in [3.63, 3.8) is 0 Å². The predicted octanol–water partition coefficient (Wildman–Crippen LogP) is 3.74. The molecule has 2 aromatic carbocycles. The number of benzene rings is 2. The van der Waals surface area contributed by atoms with Gasteiger partial charge in [0, 0.05) is 19.8 Å². The summed E-state index contributed by atoms with van der Waals surface area (Å²) >= 11 is 0. The van der Waals surface area contributed by atoms with Gasteiger partial charge in [-0.15, -0.1) is 0 Å². The van der Waals surface area contributed by atoms with Crippen molar-refractivity contribution in [1.29, 1.82) is 5.26 Å². The normalized spacial score (nSPS) is 18.6. The number of rotatable bonds is 6. The van der Waals surface area contributed by atoms with Crippen molar-refractivity contribution in [3.8, 4) is 6.07 Å². The number of nitrogens with zero attached hydrogens (tertiary/aromatic N) is 3. The third-order valence-electron chi connectivity index (χ3n) is 5.13. The van der Waals surface area contributed by atoms with Gasteiger partial charge in [-0.05, 0) is 74.4 Å². The van der Waals surface area contributed by atoms with E-state index in [4.69, 9.17) is 4.74 Å². The molecule has 1 heterocycles. The molecule has 0 aromatic heterocycles. The highest BCUT2D eigenvalue weighted by molar-refractivity contribution is 5.52. The zero-order valence-corrected chi connectivity index (χ0v) is 16.1. The van der Waals surface area contributed by atoms with Crippen LogP contribution in [0.1, 0.15) is 35.1 Å². The van der Waals surface area contributed by atoms with Gasteiger partial charge in [-0.2, -0.15) is 5.26 Å². The van der Waals surface area contributed by atoms with E-state index in [2.05, 4.69) is 60.3 Å². The van der Waals surface area contributed by atoms with Crippen molar-refractivity contribution in [2.45, 2.75) is 25.0 Å². The van der Waals surface area contributed by atoms with Gasteiger partial charge >= 0.3 is 0 Å². The van der Waals surface area contributed by atoms with Gasteiger partial charge in [0.05, 0.1) is 18.2 Å². The van der Waals surface area contributed by atoms with Crippen molar-refractivity contribution in [3.05, 3.63) is 64.7 Å². The SMILES string of the molecule is CN(C)CCCC1(c2ccc(N(C)C)cc2)OCc2cc(C#N)ccc21. The second kappa shape index (κ2) is 7.49.